The second-order valence-corrected chi connectivity index (χ2v) is 6.88. The number of carbonyl (C=O) groups excluding carboxylic acids is 1. The first-order valence-electron chi connectivity index (χ1n) is 8.24. The fraction of sp³-hybridized carbons (Fsp3) is 0.412. The van der Waals surface area contributed by atoms with E-state index in [1.807, 2.05) is 23.1 Å². The van der Waals surface area contributed by atoms with Crippen molar-refractivity contribution in [3.8, 4) is 0 Å². The summed E-state index contributed by atoms with van der Waals surface area (Å²) < 4.78 is 0. The summed E-state index contributed by atoms with van der Waals surface area (Å²) in [5.74, 6) is 1.03. The van der Waals surface area contributed by atoms with E-state index in [0.717, 1.165) is 50.8 Å². The molecule has 0 saturated carbocycles. The summed E-state index contributed by atoms with van der Waals surface area (Å²) in [7, 11) is 0. The summed E-state index contributed by atoms with van der Waals surface area (Å²) in [6.45, 7) is 6.56. The summed E-state index contributed by atoms with van der Waals surface area (Å²) >= 11 is 12.4. The van der Waals surface area contributed by atoms with E-state index in [9.17, 15) is 4.79 Å². The number of aromatic amines is 1. The van der Waals surface area contributed by atoms with Gasteiger partial charge in [0.2, 0.25) is 5.91 Å². The number of nitrogens with one attached hydrogen (secondary N) is 1. The molecule has 0 bridgehead atoms. The fourth-order valence-corrected chi connectivity index (χ4v) is 3.51. The van der Waals surface area contributed by atoms with Crippen LogP contribution < -0.4 is 4.90 Å². The van der Waals surface area contributed by atoms with Crippen molar-refractivity contribution < 1.29 is 4.79 Å². The molecular weight excluding hydrogens is 361 g/mol. The Morgan fingerprint density at radius 1 is 1.24 bits per heavy atom. The number of aromatic nitrogens is 2. The minimum absolute atomic E-state index is 0.145. The third-order valence-electron chi connectivity index (χ3n) is 4.43. The predicted octanol–water partition coefficient (Wildman–Crippen LogP) is 3.02. The van der Waals surface area contributed by atoms with Gasteiger partial charge in [-0.3, -0.25) is 14.8 Å². The predicted molar refractivity (Wildman–Crippen MR) is 101 cm³/mol. The van der Waals surface area contributed by atoms with Crippen LogP contribution in [0.3, 0.4) is 0 Å². The number of H-pyrrole nitrogens is 1. The molecule has 1 aliphatic heterocycles. The second-order valence-electron chi connectivity index (χ2n) is 6.04. The maximum Gasteiger partial charge on any atom is 0.219 e. The Morgan fingerprint density at radius 3 is 2.60 bits per heavy atom. The van der Waals surface area contributed by atoms with Crippen LogP contribution in [0.15, 0.2) is 30.5 Å². The zero-order chi connectivity index (χ0) is 17.8. The number of hydrogen-bond acceptors (Lipinski definition) is 4. The molecule has 0 radical (unpaired) electrons. The lowest BCUT2D eigenvalue weighted by Gasteiger charge is -2.35. The first-order chi connectivity index (χ1) is 12.0. The maximum atomic E-state index is 11.4. The first-order valence-corrected chi connectivity index (χ1v) is 9.00. The monoisotopic (exact) mass is 381 g/mol. The standard InChI is InChI=1S/C17H21Cl2N5O/c1-13(25)23-9-6-22(7-10-23)8-11-24(17-4-5-20-21-17)16-3-2-14(18)12-15(16)19/h2-5,12H,6-11H2,1H3,(H,20,21). The van der Waals surface area contributed by atoms with Crippen LogP contribution in [0.2, 0.25) is 10.0 Å². The Labute approximate surface area is 157 Å². The van der Waals surface area contributed by atoms with Crippen LogP contribution in [-0.4, -0.2) is 65.2 Å². The minimum Gasteiger partial charge on any atom is -0.340 e. The van der Waals surface area contributed by atoms with Crippen LogP contribution in [0, 0.1) is 0 Å². The van der Waals surface area contributed by atoms with Gasteiger partial charge in [0.05, 0.1) is 16.9 Å². The molecule has 1 amide bonds. The third kappa shape index (κ3) is 4.45. The van der Waals surface area contributed by atoms with Crippen molar-refractivity contribution in [1.29, 1.82) is 0 Å². The molecule has 134 valence electrons. The molecule has 1 aromatic carbocycles. The highest BCUT2D eigenvalue weighted by Gasteiger charge is 2.20. The van der Waals surface area contributed by atoms with Crippen LogP contribution in [0.1, 0.15) is 6.92 Å². The molecular formula is C17H21Cl2N5O. The quantitative estimate of drug-likeness (QED) is 0.864. The van der Waals surface area contributed by atoms with Gasteiger partial charge >= 0.3 is 0 Å². The highest BCUT2D eigenvalue weighted by atomic mass is 35.5. The summed E-state index contributed by atoms with van der Waals surface area (Å²) in [5, 5.41) is 8.26. The molecule has 1 aromatic heterocycles. The number of benzene rings is 1. The van der Waals surface area contributed by atoms with E-state index in [-0.39, 0.29) is 5.91 Å². The van der Waals surface area contributed by atoms with Gasteiger partial charge in [-0.1, -0.05) is 23.2 Å². The molecule has 0 unspecified atom stereocenters. The van der Waals surface area contributed by atoms with Crippen LogP contribution in [0.25, 0.3) is 0 Å². The minimum atomic E-state index is 0.145. The van der Waals surface area contributed by atoms with Crippen LogP contribution in [0.5, 0.6) is 0 Å². The van der Waals surface area contributed by atoms with Gasteiger partial charge in [0.15, 0.2) is 0 Å². The zero-order valence-corrected chi connectivity index (χ0v) is 15.6. The van der Waals surface area contributed by atoms with Gasteiger partial charge in [-0.25, -0.2) is 0 Å². The molecule has 0 spiro atoms. The highest BCUT2D eigenvalue weighted by molar-refractivity contribution is 6.36. The maximum absolute atomic E-state index is 11.4. The van der Waals surface area contributed by atoms with Crippen molar-refractivity contribution >= 4 is 40.6 Å². The number of anilines is 2. The number of hydrogen-bond donors (Lipinski definition) is 1. The summed E-state index contributed by atoms with van der Waals surface area (Å²) in [6, 6.07) is 7.41. The SMILES string of the molecule is CC(=O)N1CCN(CCN(c2ccn[nH]2)c2ccc(Cl)cc2Cl)CC1. The van der Waals surface area contributed by atoms with Crippen molar-refractivity contribution in [3.63, 3.8) is 0 Å². The van der Waals surface area contributed by atoms with Gasteiger partial charge in [0.25, 0.3) is 0 Å². The second kappa shape index (κ2) is 8.08. The lowest BCUT2D eigenvalue weighted by molar-refractivity contribution is -0.130. The van der Waals surface area contributed by atoms with Crippen molar-refractivity contribution in [1.82, 2.24) is 20.0 Å². The number of piperazine rings is 1. The number of rotatable bonds is 5. The van der Waals surface area contributed by atoms with Crippen LogP contribution in [-0.2, 0) is 4.79 Å². The lowest BCUT2D eigenvalue weighted by Crippen LogP contribution is -2.49. The number of amides is 1. The fourth-order valence-electron chi connectivity index (χ4n) is 3.00. The van der Waals surface area contributed by atoms with Crippen molar-refractivity contribution in [2.75, 3.05) is 44.2 Å². The van der Waals surface area contributed by atoms with E-state index in [2.05, 4.69) is 20.0 Å². The summed E-state index contributed by atoms with van der Waals surface area (Å²) in [4.78, 5) is 17.8. The van der Waals surface area contributed by atoms with Gasteiger partial charge in [0, 0.05) is 57.3 Å². The smallest absolute Gasteiger partial charge is 0.219 e. The van der Waals surface area contributed by atoms with Gasteiger partial charge < -0.3 is 9.80 Å². The Balaban J connectivity index is 1.68. The average Bonchev–Trinajstić information content (AvgIpc) is 3.11. The number of nitrogens with zero attached hydrogens (tertiary/aromatic N) is 4. The molecule has 1 fully saturated rings. The Kier molecular flexibility index (Phi) is 5.83. The Morgan fingerprint density at radius 2 is 2.00 bits per heavy atom. The van der Waals surface area contributed by atoms with Crippen LogP contribution >= 0.6 is 23.2 Å². The zero-order valence-electron chi connectivity index (χ0n) is 14.1. The van der Waals surface area contributed by atoms with E-state index in [0.29, 0.717) is 10.0 Å². The van der Waals surface area contributed by atoms with Gasteiger partial charge in [-0.05, 0) is 18.2 Å². The molecule has 1 N–H and O–H groups in total. The van der Waals surface area contributed by atoms with Crippen molar-refractivity contribution in [2.45, 2.75) is 6.92 Å². The topological polar surface area (TPSA) is 55.5 Å². The van der Waals surface area contributed by atoms with Gasteiger partial charge in [-0.2, -0.15) is 5.10 Å². The van der Waals surface area contributed by atoms with Crippen LogP contribution in [0.4, 0.5) is 11.5 Å². The van der Waals surface area contributed by atoms with E-state index < -0.39 is 0 Å². The molecule has 8 heteroatoms. The highest BCUT2D eigenvalue weighted by Crippen LogP contribution is 2.32. The van der Waals surface area contributed by atoms with Gasteiger partial charge in [-0.15, -0.1) is 0 Å². The Bertz CT molecular complexity index is 714. The largest absolute Gasteiger partial charge is 0.340 e. The first kappa shape index (κ1) is 18.0. The number of halogens is 2. The molecule has 2 heterocycles. The third-order valence-corrected chi connectivity index (χ3v) is 4.97. The van der Waals surface area contributed by atoms with E-state index in [1.54, 1.807) is 19.2 Å². The molecule has 0 atom stereocenters. The molecule has 1 aliphatic rings. The molecule has 2 aromatic rings. The number of carbonyl (C=O) groups is 1. The van der Waals surface area contributed by atoms with E-state index in [4.69, 9.17) is 23.2 Å². The molecule has 3 rings (SSSR count). The summed E-state index contributed by atoms with van der Waals surface area (Å²) in [5.41, 5.74) is 0.887. The lowest BCUT2D eigenvalue weighted by atomic mass is 10.2. The molecule has 1 saturated heterocycles. The van der Waals surface area contributed by atoms with Crippen molar-refractivity contribution in [2.24, 2.45) is 0 Å². The van der Waals surface area contributed by atoms with E-state index >= 15 is 0 Å². The molecule has 25 heavy (non-hydrogen) atoms. The van der Waals surface area contributed by atoms with Gasteiger partial charge in [0.1, 0.15) is 5.82 Å². The molecule has 6 nitrogen and oxygen atoms in total. The van der Waals surface area contributed by atoms with Crippen molar-refractivity contribution in [3.05, 3.63) is 40.5 Å². The molecule has 0 aliphatic carbocycles. The normalized spacial score (nSPS) is 15.4. The van der Waals surface area contributed by atoms with E-state index in [1.165, 1.54) is 0 Å². The average molecular weight is 382 g/mol. The summed E-state index contributed by atoms with van der Waals surface area (Å²) in [6.07, 6.45) is 1.72. The Hall–Kier alpha value is -1.76.